The second-order valence-electron chi connectivity index (χ2n) is 3.49. The summed E-state index contributed by atoms with van der Waals surface area (Å²) in [5.41, 5.74) is 1.17. The zero-order chi connectivity index (χ0) is 14.5. The lowest BCUT2D eigenvalue weighted by Crippen LogP contribution is -1.77. The van der Waals surface area contributed by atoms with Crippen LogP contribution in [0.15, 0.2) is 67.3 Å². The number of carbonyl (C=O) groups is 1. The van der Waals surface area contributed by atoms with E-state index in [9.17, 15) is 0 Å². The summed E-state index contributed by atoms with van der Waals surface area (Å²) in [6.07, 6.45) is 2.70. The summed E-state index contributed by atoms with van der Waals surface area (Å²) in [5.74, 6) is 0.635. The van der Waals surface area contributed by atoms with Gasteiger partial charge in [0.1, 0.15) is 18.3 Å². The molecule has 3 nitrogen and oxygen atoms in total. The normalized spacial score (nSPS) is 8.21. The Bertz CT molecular complexity index is 449. The molecule has 2 aromatic carbocycles. The van der Waals surface area contributed by atoms with Crippen LogP contribution in [0.4, 0.5) is 0 Å². The highest BCUT2D eigenvalue weighted by Crippen LogP contribution is 2.09. The Morgan fingerprint density at radius 1 is 0.842 bits per heavy atom. The molecule has 0 aliphatic rings. The van der Waals surface area contributed by atoms with Crippen molar-refractivity contribution in [2.45, 2.75) is 6.42 Å². The van der Waals surface area contributed by atoms with Crippen molar-refractivity contribution in [3.05, 3.63) is 72.8 Å². The van der Waals surface area contributed by atoms with E-state index in [4.69, 9.17) is 15.0 Å². The predicted molar refractivity (Wildman–Crippen MR) is 77.2 cm³/mol. The molecular weight excluding hydrogens is 240 g/mol. The first-order valence-electron chi connectivity index (χ1n) is 5.64. The Morgan fingerprint density at radius 3 is 1.68 bits per heavy atom. The van der Waals surface area contributed by atoms with E-state index in [0.717, 1.165) is 6.42 Å². The van der Waals surface area contributed by atoms with E-state index in [1.54, 1.807) is 36.4 Å². The van der Waals surface area contributed by atoms with Crippen molar-refractivity contribution < 1.29 is 15.0 Å². The van der Waals surface area contributed by atoms with E-state index in [1.807, 2.05) is 31.1 Å². The van der Waals surface area contributed by atoms with Gasteiger partial charge in [-0.2, -0.15) is 0 Å². The number of para-hydroxylation sites is 1. The van der Waals surface area contributed by atoms with Crippen LogP contribution >= 0.6 is 0 Å². The van der Waals surface area contributed by atoms with Crippen molar-refractivity contribution in [1.29, 1.82) is 0 Å². The fourth-order valence-electron chi connectivity index (χ4n) is 1.23. The van der Waals surface area contributed by atoms with E-state index in [2.05, 4.69) is 6.58 Å². The number of carbonyl (C=O) groups excluding carboxylic acids is 1. The molecule has 0 saturated heterocycles. The molecule has 0 aromatic heterocycles. The van der Waals surface area contributed by atoms with Crippen LogP contribution < -0.4 is 0 Å². The van der Waals surface area contributed by atoms with Gasteiger partial charge in [0.05, 0.1) is 0 Å². The second-order valence-corrected chi connectivity index (χ2v) is 3.49. The first-order valence-corrected chi connectivity index (χ1v) is 5.64. The predicted octanol–water partition coefficient (Wildman–Crippen LogP) is 3.33. The van der Waals surface area contributed by atoms with Crippen LogP contribution in [0.5, 0.6) is 11.5 Å². The molecule has 0 spiro atoms. The van der Waals surface area contributed by atoms with Crippen LogP contribution in [0.1, 0.15) is 5.56 Å². The number of hydrogen-bond acceptors (Lipinski definition) is 3. The molecule has 0 saturated carbocycles. The van der Waals surface area contributed by atoms with E-state index in [-0.39, 0.29) is 0 Å². The lowest BCUT2D eigenvalue weighted by molar-refractivity contribution is -0.0979. The van der Waals surface area contributed by atoms with Crippen LogP contribution in [0, 0.1) is 0 Å². The minimum absolute atomic E-state index is 0.313. The number of allylic oxidation sites excluding steroid dienone is 1. The monoisotopic (exact) mass is 258 g/mol. The maximum Gasteiger partial charge on any atom is 0.115 e. The van der Waals surface area contributed by atoms with Crippen molar-refractivity contribution in [1.82, 2.24) is 0 Å². The van der Waals surface area contributed by atoms with Crippen molar-refractivity contribution in [3.8, 4) is 11.5 Å². The van der Waals surface area contributed by atoms with E-state index in [1.165, 1.54) is 5.56 Å². The standard InChI is InChI=1S/C9H10O.C6H6O.CH2O/c1-2-3-8-4-6-9(10)7-5-8;7-6-4-2-1-3-5-6;1-2/h2,4-7,10H,1,3H2;1-5,7H;1H2. The van der Waals surface area contributed by atoms with Gasteiger partial charge in [-0.3, -0.25) is 0 Å². The molecule has 3 heteroatoms. The third-order valence-electron chi connectivity index (χ3n) is 2.07. The van der Waals surface area contributed by atoms with Gasteiger partial charge in [-0.15, -0.1) is 6.58 Å². The van der Waals surface area contributed by atoms with Gasteiger partial charge in [0.15, 0.2) is 0 Å². The second kappa shape index (κ2) is 10.6. The van der Waals surface area contributed by atoms with Gasteiger partial charge in [0, 0.05) is 0 Å². The van der Waals surface area contributed by atoms with Gasteiger partial charge in [-0.1, -0.05) is 36.4 Å². The van der Waals surface area contributed by atoms with Gasteiger partial charge in [-0.25, -0.2) is 0 Å². The summed E-state index contributed by atoms with van der Waals surface area (Å²) in [5, 5.41) is 17.5. The molecule has 0 heterocycles. The first-order chi connectivity index (χ1) is 9.22. The molecule has 0 unspecified atom stereocenters. The zero-order valence-corrected chi connectivity index (χ0v) is 10.7. The number of phenols is 2. The fourth-order valence-corrected chi connectivity index (χ4v) is 1.23. The summed E-state index contributed by atoms with van der Waals surface area (Å²) in [6.45, 7) is 5.62. The lowest BCUT2D eigenvalue weighted by Gasteiger charge is -1.94. The third-order valence-corrected chi connectivity index (χ3v) is 2.07. The highest BCUT2D eigenvalue weighted by Gasteiger charge is 1.87. The number of aromatic hydroxyl groups is 2. The summed E-state index contributed by atoms with van der Waals surface area (Å²) in [6, 6.07) is 15.8. The summed E-state index contributed by atoms with van der Waals surface area (Å²) in [7, 11) is 0. The molecule has 19 heavy (non-hydrogen) atoms. The molecule has 0 amide bonds. The van der Waals surface area contributed by atoms with Crippen LogP contribution in [0.25, 0.3) is 0 Å². The number of rotatable bonds is 2. The number of benzene rings is 2. The Labute approximate surface area is 113 Å². The lowest BCUT2D eigenvalue weighted by atomic mass is 10.1. The molecule has 2 rings (SSSR count). The average molecular weight is 258 g/mol. The van der Waals surface area contributed by atoms with Crippen molar-refractivity contribution in [3.63, 3.8) is 0 Å². The van der Waals surface area contributed by atoms with Gasteiger partial charge in [0.25, 0.3) is 0 Å². The fraction of sp³-hybridized carbons (Fsp3) is 0.0625. The molecule has 0 fully saturated rings. The molecule has 2 N–H and O–H groups in total. The summed E-state index contributed by atoms with van der Waals surface area (Å²) >= 11 is 0. The van der Waals surface area contributed by atoms with Gasteiger partial charge < -0.3 is 15.0 Å². The van der Waals surface area contributed by atoms with E-state index < -0.39 is 0 Å². The maximum atomic E-state index is 8.90. The van der Waals surface area contributed by atoms with Crippen molar-refractivity contribution >= 4 is 6.79 Å². The van der Waals surface area contributed by atoms with E-state index >= 15 is 0 Å². The van der Waals surface area contributed by atoms with Crippen molar-refractivity contribution in [2.24, 2.45) is 0 Å². The molecule has 100 valence electrons. The van der Waals surface area contributed by atoms with Gasteiger partial charge in [0.2, 0.25) is 0 Å². The highest BCUT2D eigenvalue weighted by atomic mass is 16.3. The Balaban J connectivity index is 0.000000316. The molecule has 0 aliphatic heterocycles. The minimum atomic E-state index is 0.313. The van der Waals surface area contributed by atoms with Gasteiger partial charge in [-0.05, 0) is 36.2 Å². The molecule has 0 aliphatic carbocycles. The largest absolute Gasteiger partial charge is 0.508 e. The van der Waals surface area contributed by atoms with Crippen LogP contribution in [0.3, 0.4) is 0 Å². The van der Waals surface area contributed by atoms with Crippen molar-refractivity contribution in [2.75, 3.05) is 0 Å². The third kappa shape index (κ3) is 8.21. The quantitative estimate of drug-likeness (QED) is 0.812. The topological polar surface area (TPSA) is 57.5 Å². The van der Waals surface area contributed by atoms with Crippen LogP contribution in [0.2, 0.25) is 0 Å². The Kier molecular flexibility index (Phi) is 9.17. The molecule has 0 atom stereocenters. The molecule has 0 radical (unpaired) electrons. The first kappa shape index (κ1) is 16.5. The minimum Gasteiger partial charge on any atom is -0.508 e. The van der Waals surface area contributed by atoms with E-state index in [0.29, 0.717) is 11.5 Å². The van der Waals surface area contributed by atoms with Crippen LogP contribution in [-0.4, -0.2) is 17.0 Å². The average Bonchev–Trinajstić information content (AvgIpc) is 2.45. The molecule has 2 aromatic rings. The summed E-state index contributed by atoms with van der Waals surface area (Å²) < 4.78 is 0. The number of hydrogen-bond donors (Lipinski definition) is 2. The molecule has 0 bridgehead atoms. The SMILES string of the molecule is C=CCc1ccc(O)cc1.C=O.Oc1ccccc1. The van der Waals surface area contributed by atoms with Crippen LogP contribution in [-0.2, 0) is 11.2 Å². The smallest absolute Gasteiger partial charge is 0.115 e. The maximum absolute atomic E-state index is 8.90. The van der Waals surface area contributed by atoms with Gasteiger partial charge >= 0.3 is 0 Å². The zero-order valence-electron chi connectivity index (χ0n) is 10.7. The highest BCUT2D eigenvalue weighted by molar-refractivity contribution is 5.26. The molecular formula is C16H18O3. The summed E-state index contributed by atoms with van der Waals surface area (Å²) in [4.78, 5) is 8.00. The Morgan fingerprint density at radius 2 is 1.32 bits per heavy atom. The number of phenolic OH excluding ortho intramolecular Hbond substituents is 2. The Hall–Kier alpha value is -2.55.